The number of aryl methyl sites for hydroxylation is 1. The molecule has 0 saturated heterocycles. The minimum absolute atomic E-state index is 0.186. The van der Waals surface area contributed by atoms with Crippen molar-refractivity contribution in [2.24, 2.45) is 5.92 Å². The van der Waals surface area contributed by atoms with Gasteiger partial charge in [0.15, 0.2) is 0 Å². The van der Waals surface area contributed by atoms with Crippen LogP contribution in [-0.2, 0) is 22.0 Å². The van der Waals surface area contributed by atoms with E-state index < -0.39 is 0 Å². The molecule has 0 saturated carbocycles. The molecule has 2 nitrogen and oxygen atoms in total. The SMILES string of the molecule is CCOC(=O)c1ccc(C=C(C)c2cc3c(cc2CCC(C)C)C(C)(C)CC3(C)C)cc1. The highest BCUT2D eigenvalue weighted by molar-refractivity contribution is 5.90. The minimum Gasteiger partial charge on any atom is -0.462 e. The molecule has 1 aliphatic rings. The molecule has 0 radical (unpaired) electrons. The van der Waals surface area contributed by atoms with Crippen molar-refractivity contribution in [3.8, 4) is 0 Å². The van der Waals surface area contributed by atoms with Gasteiger partial charge in [0.05, 0.1) is 12.2 Å². The van der Waals surface area contributed by atoms with Crippen LogP contribution in [0.3, 0.4) is 0 Å². The van der Waals surface area contributed by atoms with Gasteiger partial charge in [-0.3, -0.25) is 0 Å². The highest BCUT2D eigenvalue weighted by Gasteiger charge is 2.42. The van der Waals surface area contributed by atoms with Gasteiger partial charge in [-0.05, 0) is 95.4 Å². The van der Waals surface area contributed by atoms with Gasteiger partial charge >= 0.3 is 5.97 Å². The summed E-state index contributed by atoms with van der Waals surface area (Å²) >= 11 is 0. The summed E-state index contributed by atoms with van der Waals surface area (Å²) in [5.41, 5.74) is 9.22. The van der Waals surface area contributed by atoms with E-state index in [0.717, 1.165) is 12.0 Å². The van der Waals surface area contributed by atoms with Crippen LogP contribution >= 0.6 is 0 Å². The molecule has 32 heavy (non-hydrogen) atoms. The first kappa shape index (κ1) is 24.3. The fraction of sp³-hybridized carbons (Fsp3) is 0.500. The maximum atomic E-state index is 12.0. The first-order chi connectivity index (χ1) is 14.9. The van der Waals surface area contributed by atoms with E-state index in [4.69, 9.17) is 4.74 Å². The highest BCUT2D eigenvalue weighted by Crippen LogP contribution is 2.50. The summed E-state index contributed by atoms with van der Waals surface area (Å²) in [7, 11) is 0. The number of fused-ring (bicyclic) bond motifs is 1. The minimum atomic E-state index is -0.265. The first-order valence-electron chi connectivity index (χ1n) is 12.1. The fourth-order valence-electron chi connectivity index (χ4n) is 5.34. The topological polar surface area (TPSA) is 26.3 Å². The quantitative estimate of drug-likeness (QED) is 0.327. The second kappa shape index (κ2) is 9.25. The van der Waals surface area contributed by atoms with Crippen LogP contribution in [0.25, 0.3) is 11.6 Å². The molecule has 0 N–H and O–H groups in total. The first-order valence-corrected chi connectivity index (χ1v) is 12.1. The van der Waals surface area contributed by atoms with Crippen LogP contribution in [0, 0.1) is 5.92 Å². The Morgan fingerprint density at radius 1 is 1.03 bits per heavy atom. The van der Waals surface area contributed by atoms with Crippen LogP contribution in [0.2, 0.25) is 0 Å². The molecular weight excluding hydrogens is 392 g/mol. The van der Waals surface area contributed by atoms with Crippen molar-refractivity contribution in [2.45, 2.75) is 85.5 Å². The second-order valence-corrected chi connectivity index (χ2v) is 11.1. The molecule has 0 bridgehead atoms. The second-order valence-electron chi connectivity index (χ2n) is 11.1. The Labute approximate surface area is 195 Å². The van der Waals surface area contributed by atoms with Gasteiger partial charge in [-0.1, -0.05) is 71.9 Å². The predicted octanol–water partition coefficient (Wildman–Crippen LogP) is 7.97. The highest BCUT2D eigenvalue weighted by atomic mass is 16.5. The van der Waals surface area contributed by atoms with E-state index in [2.05, 4.69) is 66.7 Å². The van der Waals surface area contributed by atoms with Gasteiger partial charge in [-0.25, -0.2) is 4.79 Å². The number of esters is 1. The van der Waals surface area contributed by atoms with Crippen LogP contribution in [0.5, 0.6) is 0 Å². The lowest BCUT2D eigenvalue weighted by Crippen LogP contribution is -2.18. The molecule has 0 fully saturated rings. The van der Waals surface area contributed by atoms with E-state index in [1.54, 1.807) is 0 Å². The van der Waals surface area contributed by atoms with Gasteiger partial charge in [0.25, 0.3) is 0 Å². The maximum Gasteiger partial charge on any atom is 0.338 e. The molecule has 0 amide bonds. The summed E-state index contributed by atoms with van der Waals surface area (Å²) in [6, 6.07) is 12.7. The Morgan fingerprint density at radius 2 is 1.62 bits per heavy atom. The third-order valence-electron chi connectivity index (χ3n) is 6.81. The van der Waals surface area contributed by atoms with E-state index in [-0.39, 0.29) is 16.8 Å². The number of hydrogen-bond donors (Lipinski definition) is 0. The molecule has 0 atom stereocenters. The smallest absolute Gasteiger partial charge is 0.338 e. The van der Waals surface area contributed by atoms with E-state index in [1.807, 2.05) is 31.2 Å². The van der Waals surface area contributed by atoms with Gasteiger partial charge in [-0.15, -0.1) is 0 Å². The van der Waals surface area contributed by atoms with Gasteiger partial charge in [-0.2, -0.15) is 0 Å². The number of carbonyl (C=O) groups is 1. The maximum absolute atomic E-state index is 12.0. The summed E-state index contributed by atoms with van der Waals surface area (Å²) in [4.78, 5) is 12.0. The molecule has 0 unspecified atom stereocenters. The monoisotopic (exact) mass is 432 g/mol. The van der Waals surface area contributed by atoms with Gasteiger partial charge < -0.3 is 4.74 Å². The number of allylic oxidation sites excluding steroid dienone is 1. The molecule has 2 aromatic rings. The number of ether oxygens (including phenoxy) is 1. The fourth-order valence-corrected chi connectivity index (χ4v) is 5.34. The predicted molar refractivity (Wildman–Crippen MR) is 136 cm³/mol. The zero-order chi connectivity index (χ0) is 23.7. The normalized spacial score (nSPS) is 16.8. The zero-order valence-corrected chi connectivity index (χ0v) is 21.3. The summed E-state index contributed by atoms with van der Waals surface area (Å²) in [5, 5.41) is 0. The van der Waals surface area contributed by atoms with Crippen molar-refractivity contribution >= 4 is 17.6 Å². The lowest BCUT2D eigenvalue weighted by Gasteiger charge is -2.22. The molecule has 2 heteroatoms. The Morgan fingerprint density at radius 3 is 2.19 bits per heavy atom. The summed E-state index contributed by atoms with van der Waals surface area (Å²) in [6.07, 6.45) is 5.71. The van der Waals surface area contributed by atoms with Crippen LogP contribution in [0.1, 0.15) is 106 Å². The van der Waals surface area contributed by atoms with Gasteiger partial charge in [0, 0.05) is 0 Å². The Bertz CT molecular complexity index is 1000. The van der Waals surface area contributed by atoms with Crippen LogP contribution in [0.15, 0.2) is 36.4 Å². The third kappa shape index (κ3) is 5.17. The van der Waals surface area contributed by atoms with Crippen molar-refractivity contribution in [3.63, 3.8) is 0 Å². The molecule has 0 aliphatic heterocycles. The van der Waals surface area contributed by atoms with Gasteiger partial charge in [0.1, 0.15) is 0 Å². The largest absolute Gasteiger partial charge is 0.462 e. The number of benzene rings is 2. The zero-order valence-electron chi connectivity index (χ0n) is 21.3. The molecule has 1 aliphatic carbocycles. The van der Waals surface area contributed by atoms with Crippen LogP contribution in [-0.4, -0.2) is 12.6 Å². The summed E-state index contributed by atoms with van der Waals surface area (Å²) < 4.78 is 5.10. The number of carbonyl (C=O) groups excluding carboxylic acids is 1. The molecule has 0 heterocycles. The molecule has 2 aromatic carbocycles. The molecule has 0 spiro atoms. The molecule has 0 aromatic heterocycles. The Balaban J connectivity index is 2.02. The van der Waals surface area contributed by atoms with E-state index in [9.17, 15) is 4.79 Å². The molecule has 172 valence electrons. The summed E-state index contributed by atoms with van der Waals surface area (Å²) in [5.74, 6) is 0.416. The summed E-state index contributed by atoms with van der Waals surface area (Å²) in [6.45, 7) is 18.6. The van der Waals surface area contributed by atoms with E-state index in [0.29, 0.717) is 18.1 Å². The molecule has 3 rings (SSSR count). The standard InChI is InChI=1S/C30H40O2/c1-9-32-28(31)23-14-11-22(12-15-23)16-21(4)25-18-27-26(17-24(25)13-10-20(2)3)29(5,6)19-30(27,7)8/h11-12,14-18,20H,9-10,13,19H2,1-8H3. The van der Waals surface area contributed by atoms with Crippen LogP contribution < -0.4 is 0 Å². The van der Waals surface area contributed by atoms with Crippen molar-refractivity contribution in [2.75, 3.05) is 6.61 Å². The molecular formula is C30H40O2. The third-order valence-corrected chi connectivity index (χ3v) is 6.81. The van der Waals surface area contributed by atoms with E-state index in [1.165, 1.54) is 40.7 Å². The van der Waals surface area contributed by atoms with Crippen molar-refractivity contribution in [3.05, 3.63) is 69.8 Å². The lowest BCUT2D eigenvalue weighted by molar-refractivity contribution is 0.0526. The van der Waals surface area contributed by atoms with E-state index >= 15 is 0 Å². The Hall–Kier alpha value is -2.35. The van der Waals surface area contributed by atoms with Crippen molar-refractivity contribution < 1.29 is 9.53 Å². The lowest BCUT2D eigenvalue weighted by atomic mass is 9.82. The average Bonchev–Trinajstić information content (AvgIpc) is 2.89. The number of hydrogen-bond acceptors (Lipinski definition) is 2. The van der Waals surface area contributed by atoms with Crippen molar-refractivity contribution in [1.29, 1.82) is 0 Å². The Kier molecular flexibility index (Phi) is 7.03. The average molecular weight is 433 g/mol. The van der Waals surface area contributed by atoms with Crippen molar-refractivity contribution in [1.82, 2.24) is 0 Å². The van der Waals surface area contributed by atoms with Gasteiger partial charge in [0.2, 0.25) is 0 Å². The number of rotatable bonds is 7. The van der Waals surface area contributed by atoms with Crippen LogP contribution in [0.4, 0.5) is 0 Å².